The molecule has 1 saturated carbocycles. The zero-order valence-electron chi connectivity index (χ0n) is 12.3. The first kappa shape index (κ1) is 14.6. The van der Waals surface area contributed by atoms with Crippen LogP contribution in [0.3, 0.4) is 0 Å². The van der Waals surface area contributed by atoms with Crippen molar-refractivity contribution in [3.05, 3.63) is 24.2 Å². The lowest BCUT2D eigenvalue weighted by Crippen LogP contribution is -2.11. The van der Waals surface area contributed by atoms with Crippen molar-refractivity contribution in [3.63, 3.8) is 0 Å². The lowest BCUT2D eigenvalue weighted by Gasteiger charge is -2.07. The van der Waals surface area contributed by atoms with Crippen molar-refractivity contribution in [2.24, 2.45) is 5.92 Å². The van der Waals surface area contributed by atoms with Gasteiger partial charge >= 0.3 is 5.97 Å². The number of aryl methyl sites for hydroxylation is 1. The lowest BCUT2D eigenvalue weighted by molar-refractivity contribution is -0.139. The molecule has 0 bridgehead atoms. The van der Waals surface area contributed by atoms with Crippen LogP contribution < -0.4 is 5.32 Å². The molecule has 0 spiro atoms. The van der Waals surface area contributed by atoms with Gasteiger partial charge in [0.2, 0.25) is 0 Å². The molecule has 0 saturated heterocycles. The molecule has 0 amide bonds. The molecule has 1 aliphatic carbocycles. The summed E-state index contributed by atoms with van der Waals surface area (Å²) < 4.78 is 7.11. The molecule has 0 aromatic carbocycles. The van der Waals surface area contributed by atoms with E-state index in [2.05, 4.69) is 17.3 Å². The molecule has 20 heavy (non-hydrogen) atoms. The van der Waals surface area contributed by atoms with Crippen molar-refractivity contribution in [2.45, 2.75) is 46.1 Å². The Morgan fingerprint density at radius 3 is 2.95 bits per heavy atom. The molecule has 0 unspecified atom stereocenters. The Morgan fingerprint density at radius 2 is 2.30 bits per heavy atom. The molecule has 0 aliphatic heterocycles. The fourth-order valence-electron chi connectivity index (χ4n) is 1.97. The standard InChI is InChI=1S/C15H23N3O2/c1-3-7-18-11-13(9-17-18)16-10-14(12-5-6-12)15(19)20-8-4-2/h9-12,16H,3-8H2,1-2H3. The molecule has 0 atom stereocenters. The Labute approximate surface area is 120 Å². The minimum absolute atomic E-state index is 0.192. The Bertz CT molecular complexity index is 475. The number of carbonyl (C=O) groups is 1. The zero-order valence-corrected chi connectivity index (χ0v) is 12.3. The predicted molar refractivity (Wildman–Crippen MR) is 78.2 cm³/mol. The normalized spacial score (nSPS) is 15.2. The Balaban J connectivity index is 1.96. The second-order valence-corrected chi connectivity index (χ2v) is 5.15. The summed E-state index contributed by atoms with van der Waals surface area (Å²) >= 11 is 0. The number of hydrogen-bond acceptors (Lipinski definition) is 4. The number of nitrogens with zero attached hydrogens (tertiary/aromatic N) is 2. The highest BCUT2D eigenvalue weighted by molar-refractivity contribution is 5.90. The van der Waals surface area contributed by atoms with Gasteiger partial charge in [0, 0.05) is 18.9 Å². The van der Waals surface area contributed by atoms with Crippen LogP contribution in [0, 0.1) is 5.92 Å². The van der Waals surface area contributed by atoms with E-state index in [4.69, 9.17) is 4.74 Å². The summed E-state index contributed by atoms with van der Waals surface area (Å²) in [6.07, 6.45) is 9.54. The highest BCUT2D eigenvalue weighted by Crippen LogP contribution is 2.37. The molecule has 1 N–H and O–H groups in total. The average Bonchev–Trinajstić information content (AvgIpc) is 3.18. The first-order chi connectivity index (χ1) is 9.74. The smallest absolute Gasteiger partial charge is 0.335 e. The number of carbonyl (C=O) groups excluding carboxylic acids is 1. The maximum atomic E-state index is 12.0. The van der Waals surface area contributed by atoms with Crippen molar-refractivity contribution < 1.29 is 9.53 Å². The second-order valence-electron chi connectivity index (χ2n) is 5.15. The largest absolute Gasteiger partial charge is 0.462 e. The van der Waals surface area contributed by atoms with Crippen molar-refractivity contribution in [1.82, 2.24) is 9.78 Å². The van der Waals surface area contributed by atoms with Crippen molar-refractivity contribution in [1.29, 1.82) is 0 Å². The van der Waals surface area contributed by atoms with Crippen LogP contribution in [0.5, 0.6) is 0 Å². The van der Waals surface area contributed by atoms with Crippen LogP contribution in [0.15, 0.2) is 24.2 Å². The van der Waals surface area contributed by atoms with E-state index < -0.39 is 0 Å². The van der Waals surface area contributed by atoms with Gasteiger partial charge in [0.25, 0.3) is 0 Å². The number of hydrogen-bond donors (Lipinski definition) is 1. The maximum Gasteiger partial charge on any atom is 0.335 e. The summed E-state index contributed by atoms with van der Waals surface area (Å²) in [7, 11) is 0. The summed E-state index contributed by atoms with van der Waals surface area (Å²) in [5.74, 6) is 0.167. The Morgan fingerprint density at radius 1 is 1.50 bits per heavy atom. The van der Waals surface area contributed by atoms with Gasteiger partial charge in [-0.1, -0.05) is 13.8 Å². The van der Waals surface area contributed by atoms with Crippen molar-refractivity contribution in [3.8, 4) is 0 Å². The summed E-state index contributed by atoms with van der Waals surface area (Å²) in [5.41, 5.74) is 1.65. The number of ether oxygens (including phenoxy) is 1. The average molecular weight is 277 g/mol. The third-order valence-corrected chi connectivity index (χ3v) is 3.17. The summed E-state index contributed by atoms with van der Waals surface area (Å²) in [4.78, 5) is 12.0. The van der Waals surface area contributed by atoms with Gasteiger partial charge in [-0.3, -0.25) is 4.68 Å². The van der Waals surface area contributed by atoms with Gasteiger partial charge in [0.1, 0.15) is 0 Å². The van der Waals surface area contributed by atoms with Crippen molar-refractivity contribution >= 4 is 11.7 Å². The van der Waals surface area contributed by atoms with E-state index in [0.29, 0.717) is 12.5 Å². The quantitative estimate of drug-likeness (QED) is 0.586. The summed E-state index contributed by atoms with van der Waals surface area (Å²) in [6.45, 7) is 5.49. The van der Waals surface area contributed by atoms with Crippen LogP contribution in [0.4, 0.5) is 5.69 Å². The van der Waals surface area contributed by atoms with E-state index in [1.165, 1.54) is 0 Å². The van der Waals surface area contributed by atoms with Crippen molar-refractivity contribution in [2.75, 3.05) is 11.9 Å². The molecule has 1 heterocycles. The Hall–Kier alpha value is -1.78. The number of anilines is 1. The van der Waals surface area contributed by atoms with E-state index in [1.807, 2.05) is 17.8 Å². The number of nitrogens with one attached hydrogen (secondary N) is 1. The molecule has 5 heteroatoms. The van der Waals surface area contributed by atoms with Crippen LogP contribution >= 0.6 is 0 Å². The number of esters is 1. The van der Waals surface area contributed by atoms with Crippen LogP contribution in [-0.2, 0) is 16.1 Å². The van der Waals surface area contributed by atoms with Gasteiger partial charge in [-0.15, -0.1) is 0 Å². The summed E-state index contributed by atoms with van der Waals surface area (Å²) in [6, 6.07) is 0. The van der Waals surface area contributed by atoms with E-state index in [1.54, 1.807) is 12.4 Å². The molecule has 110 valence electrons. The molecule has 5 nitrogen and oxygen atoms in total. The van der Waals surface area contributed by atoms with Gasteiger partial charge < -0.3 is 10.1 Å². The zero-order chi connectivity index (χ0) is 14.4. The van der Waals surface area contributed by atoms with E-state index in [9.17, 15) is 4.79 Å². The van der Waals surface area contributed by atoms with Crippen LogP contribution in [0.2, 0.25) is 0 Å². The molecule has 0 radical (unpaired) electrons. The van der Waals surface area contributed by atoms with Gasteiger partial charge in [-0.05, 0) is 31.6 Å². The molecular formula is C15H23N3O2. The first-order valence-corrected chi connectivity index (χ1v) is 7.40. The monoisotopic (exact) mass is 277 g/mol. The minimum Gasteiger partial charge on any atom is -0.462 e. The number of aromatic nitrogens is 2. The highest BCUT2D eigenvalue weighted by atomic mass is 16.5. The molecule has 2 rings (SSSR count). The molecule has 1 aliphatic rings. The van der Waals surface area contributed by atoms with Gasteiger partial charge in [0.15, 0.2) is 0 Å². The third kappa shape index (κ3) is 4.11. The summed E-state index contributed by atoms with van der Waals surface area (Å²) in [5, 5.41) is 7.40. The predicted octanol–water partition coefficient (Wildman–Crippen LogP) is 2.95. The topological polar surface area (TPSA) is 56.1 Å². The van der Waals surface area contributed by atoms with E-state index in [-0.39, 0.29) is 5.97 Å². The van der Waals surface area contributed by atoms with E-state index >= 15 is 0 Å². The van der Waals surface area contributed by atoms with Gasteiger partial charge in [-0.2, -0.15) is 5.10 Å². The minimum atomic E-state index is -0.192. The molecule has 1 fully saturated rings. The van der Waals surface area contributed by atoms with Gasteiger partial charge in [0.05, 0.1) is 24.1 Å². The lowest BCUT2D eigenvalue weighted by atomic mass is 10.2. The fraction of sp³-hybridized carbons (Fsp3) is 0.600. The highest BCUT2D eigenvalue weighted by Gasteiger charge is 2.31. The van der Waals surface area contributed by atoms with Crippen LogP contribution in [0.1, 0.15) is 39.5 Å². The molecule has 1 aromatic heterocycles. The first-order valence-electron chi connectivity index (χ1n) is 7.40. The Kier molecular flexibility index (Phi) is 5.21. The van der Waals surface area contributed by atoms with Crippen LogP contribution in [0.25, 0.3) is 0 Å². The van der Waals surface area contributed by atoms with E-state index in [0.717, 1.165) is 43.5 Å². The van der Waals surface area contributed by atoms with Gasteiger partial charge in [-0.25, -0.2) is 4.79 Å². The van der Waals surface area contributed by atoms with Crippen LogP contribution in [-0.4, -0.2) is 22.4 Å². The third-order valence-electron chi connectivity index (χ3n) is 3.17. The molecule has 1 aromatic rings. The SMILES string of the molecule is CCCOC(=O)C(=CNc1cnn(CCC)c1)C1CC1. The maximum absolute atomic E-state index is 12.0. The fourth-order valence-corrected chi connectivity index (χ4v) is 1.97. The molecular weight excluding hydrogens is 254 g/mol. The second kappa shape index (κ2) is 7.12. The number of rotatable bonds is 8.